The second kappa shape index (κ2) is 4.40. The number of rotatable bonds is 2. The van der Waals surface area contributed by atoms with Crippen molar-refractivity contribution in [1.29, 1.82) is 0 Å². The Morgan fingerprint density at radius 1 is 1.57 bits per heavy atom. The van der Waals surface area contributed by atoms with Gasteiger partial charge in [-0.15, -0.1) is 0 Å². The first-order valence-electron chi connectivity index (χ1n) is 3.93. The summed E-state index contributed by atoms with van der Waals surface area (Å²) in [5.74, 6) is -1.09. The van der Waals surface area contributed by atoms with E-state index in [4.69, 9.17) is 0 Å². The quantitative estimate of drug-likeness (QED) is 0.356. The summed E-state index contributed by atoms with van der Waals surface area (Å²) < 4.78 is 8.93. The molecule has 0 aromatic rings. The van der Waals surface area contributed by atoms with E-state index in [1.54, 1.807) is 0 Å². The van der Waals surface area contributed by atoms with E-state index in [-0.39, 0.29) is 13.2 Å². The van der Waals surface area contributed by atoms with Crippen LogP contribution in [0.1, 0.15) is 6.92 Å². The maximum Gasteiger partial charge on any atom is 0.416 e. The van der Waals surface area contributed by atoms with Crippen molar-refractivity contribution in [2.24, 2.45) is 0 Å². The number of hydrogen-bond donors (Lipinski definition) is 0. The minimum Gasteiger partial charge on any atom is -0.447 e. The van der Waals surface area contributed by atoms with Gasteiger partial charge in [0, 0.05) is 13.0 Å². The van der Waals surface area contributed by atoms with Gasteiger partial charge < -0.3 is 9.47 Å². The lowest BCUT2D eigenvalue weighted by molar-refractivity contribution is -0.135. The second-order valence-corrected chi connectivity index (χ2v) is 2.52. The summed E-state index contributed by atoms with van der Waals surface area (Å²) in [6, 6.07) is 0. The lowest BCUT2D eigenvalue weighted by Crippen LogP contribution is -2.29. The van der Waals surface area contributed by atoms with E-state index >= 15 is 0 Å². The number of esters is 1. The van der Waals surface area contributed by atoms with Crippen molar-refractivity contribution >= 4 is 18.0 Å². The number of carbonyl (C=O) groups excluding carboxylic acids is 3. The molecule has 0 aromatic heterocycles. The van der Waals surface area contributed by atoms with E-state index in [0.717, 1.165) is 17.2 Å². The molecule has 2 amide bonds. The molecule has 1 rings (SSSR count). The summed E-state index contributed by atoms with van der Waals surface area (Å²) in [4.78, 5) is 33.3. The van der Waals surface area contributed by atoms with Crippen LogP contribution in [0.15, 0.2) is 12.3 Å². The molecular formula is C8H9NO5. The molecule has 6 nitrogen and oxygen atoms in total. The van der Waals surface area contributed by atoms with Gasteiger partial charge in [0.15, 0.2) is 0 Å². The number of hydrogen-bond acceptors (Lipinski definition) is 5. The highest BCUT2D eigenvalue weighted by molar-refractivity contribution is 5.99. The second-order valence-electron chi connectivity index (χ2n) is 2.52. The van der Waals surface area contributed by atoms with Crippen molar-refractivity contribution in [2.45, 2.75) is 6.92 Å². The van der Waals surface area contributed by atoms with Crippen molar-refractivity contribution in [3.8, 4) is 0 Å². The Bertz CT molecular complexity index is 296. The van der Waals surface area contributed by atoms with Crippen LogP contribution in [0.3, 0.4) is 0 Å². The van der Waals surface area contributed by atoms with E-state index in [9.17, 15) is 14.4 Å². The molecule has 0 atom stereocenters. The number of amides is 2. The van der Waals surface area contributed by atoms with Crippen molar-refractivity contribution in [2.75, 3.05) is 13.2 Å². The van der Waals surface area contributed by atoms with Crippen LogP contribution in [0.4, 0.5) is 4.79 Å². The molecule has 0 saturated carbocycles. The molecule has 1 heterocycles. The third-order valence-corrected chi connectivity index (χ3v) is 1.47. The highest BCUT2D eigenvalue weighted by Gasteiger charge is 2.26. The molecule has 1 saturated heterocycles. The fourth-order valence-corrected chi connectivity index (χ4v) is 0.872. The van der Waals surface area contributed by atoms with Crippen molar-refractivity contribution in [3.05, 3.63) is 12.3 Å². The van der Waals surface area contributed by atoms with Crippen LogP contribution in [-0.2, 0) is 19.1 Å². The van der Waals surface area contributed by atoms with E-state index < -0.39 is 18.0 Å². The SMILES string of the molecule is CC(=O)O/C=C/C(=O)N1CCOC1=O. The zero-order chi connectivity index (χ0) is 10.6. The Labute approximate surface area is 80.1 Å². The third kappa shape index (κ3) is 2.58. The Hall–Kier alpha value is -1.85. The zero-order valence-corrected chi connectivity index (χ0v) is 7.56. The molecular weight excluding hydrogens is 190 g/mol. The van der Waals surface area contributed by atoms with Gasteiger partial charge in [-0.3, -0.25) is 9.59 Å². The first-order chi connectivity index (χ1) is 6.61. The Balaban J connectivity index is 2.45. The van der Waals surface area contributed by atoms with Gasteiger partial charge in [0.2, 0.25) is 0 Å². The van der Waals surface area contributed by atoms with Crippen LogP contribution in [0.2, 0.25) is 0 Å². The molecule has 0 radical (unpaired) electrons. The average Bonchev–Trinajstić information content (AvgIpc) is 2.50. The summed E-state index contributed by atoms with van der Waals surface area (Å²) in [5.41, 5.74) is 0. The Kier molecular flexibility index (Phi) is 3.22. The first kappa shape index (κ1) is 10.2. The van der Waals surface area contributed by atoms with E-state index in [1.165, 1.54) is 6.92 Å². The Morgan fingerprint density at radius 3 is 2.79 bits per heavy atom. The van der Waals surface area contributed by atoms with Crippen LogP contribution >= 0.6 is 0 Å². The molecule has 6 heteroatoms. The molecule has 1 aliphatic heterocycles. The van der Waals surface area contributed by atoms with Crippen LogP contribution in [0, 0.1) is 0 Å². The minimum atomic E-state index is -0.678. The van der Waals surface area contributed by atoms with Crippen molar-refractivity contribution < 1.29 is 23.9 Å². The molecule has 0 aliphatic carbocycles. The molecule has 0 aromatic carbocycles. The van der Waals surface area contributed by atoms with E-state index in [0.29, 0.717) is 0 Å². The summed E-state index contributed by atoms with van der Waals surface area (Å²) >= 11 is 0. The molecule has 1 fully saturated rings. The van der Waals surface area contributed by atoms with Crippen LogP contribution in [0.25, 0.3) is 0 Å². The van der Waals surface area contributed by atoms with Gasteiger partial charge in [-0.2, -0.15) is 0 Å². The molecule has 0 bridgehead atoms. The standard InChI is InChI=1S/C8H9NO5/c1-6(10)13-4-2-7(11)9-3-5-14-8(9)12/h2,4H,3,5H2,1H3/b4-2+. The first-order valence-corrected chi connectivity index (χ1v) is 3.93. The number of imide groups is 1. The fraction of sp³-hybridized carbons (Fsp3) is 0.375. The van der Waals surface area contributed by atoms with Gasteiger partial charge in [-0.1, -0.05) is 0 Å². The highest BCUT2D eigenvalue weighted by atomic mass is 16.6. The number of nitrogens with zero attached hydrogens (tertiary/aromatic N) is 1. The topological polar surface area (TPSA) is 72.9 Å². The number of carbonyl (C=O) groups is 3. The normalized spacial score (nSPS) is 15.8. The van der Waals surface area contributed by atoms with Gasteiger partial charge in [-0.05, 0) is 0 Å². The Morgan fingerprint density at radius 2 is 2.29 bits per heavy atom. The summed E-state index contributed by atoms with van der Waals surface area (Å²) in [6.45, 7) is 1.63. The van der Waals surface area contributed by atoms with Crippen LogP contribution < -0.4 is 0 Å². The predicted molar refractivity (Wildman–Crippen MR) is 44.0 cm³/mol. The minimum absolute atomic E-state index is 0.200. The number of cyclic esters (lactones) is 1. The lowest BCUT2D eigenvalue weighted by Gasteiger charge is -2.05. The van der Waals surface area contributed by atoms with E-state index in [1.807, 2.05) is 0 Å². The van der Waals surface area contributed by atoms with Crippen LogP contribution in [0.5, 0.6) is 0 Å². The van der Waals surface area contributed by atoms with Gasteiger partial charge >= 0.3 is 12.1 Å². The summed E-state index contributed by atoms with van der Waals surface area (Å²) in [5, 5.41) is 0. The lowest BCUT2D eigenvalue weighted by atomic mass is 10.5. The van der Waals surface area contributed by atoms with Crippen molar-refractivity contribution in [1.82, 2.24) is 4.90 Å². The molecule has 0 spiro atoms. The maximum atomic E-state index is 11.2. The maximum absolute atomic E-state index is 11.2. The molecule has 1 aliphatic rings. The molecule has 0 unspecified atom stereocenters. The highest BCUT2D eigenvalue weighted by Crippen LogP contribution is 2.03. The summed E-state index contributed by atoms with van der Waals surface area (Å²) in [7, 11) is 0. The molecule has 0 N–H and O–H groups in total. The van der Waals surface area contributed by atoms with Gasteiger partial charge in [0.25, 0.3) is 5.91 Å². The predicted octanol–water partition coefficient (Wildman–Crippen LogP) is 0.0420. The average molecular weight is 199 g/mol. The smallest absolute Gasteiger partial charge is 0.416 e. The largest absolute Gasteiger partial charge is 0.447 e. The van der Waals surface area contributed by atoms with Crippen molar-refractivity contribution in [3.63, 3.8) is 0 Å². The third-order valence-electron chi connectivity index (χ3n) is 1.47. The van der Waals surface area contributed by atoms with Gasteiger partial charge in [-0.25, -0.2) is 9.69 Å². The fourth-order valence-electron chi connectivity index (χ4n) is 0.872. The summed E-state index contributed by atoms with van der Waals surface area (Å²) in [6.07, 6.45) is 1.26. The number of ether oxygens (including phenoxy) is 2. The zero-order valence-electron chi connectivity index (χ0n) is 7.56. The monoisotopic (exact) mass is 199 g/mol. The van der Waals surface area contributed by atoms with Gasteiger partial charge in [0.1, 0.15) is 6.61 Å². The molecule has 76 valence electrons. The molecule has 14 heavy (non-hydrogen) atoms. The van der Waals surface area contributed by atoms with Crippen LogP contribution in [-0.4, -0.2) is 36.0 Å². The van der Waals surface area contributed by atoms with Gasteiger partial charge in [0.05, 0.1) is 12.8 Å². The van der Waals surface area contributed by atoms with E-state index in [2.05, 4.69) is 9.47 Å².